The Labute approximate surface area is 299 Å². The number of alkyl halides is 3. The minimum absolute atomic E-state index is 0.00343. The van der Waals surface area contributed by atoms with E-state index in [4.69, 9.17) is 4.74 Å². The van der Waals surface area contributed by atoms with Crippen molar-refractivity contribution in [2.75, 3.05) is 39.3 Å². The fourth-order valence-corrected chi connectivity index (χ4v) is 6.76. The van der Waals surface area contributed by atoms with E-state index in [0.29, 0.717) is 24.4 Å². The number of amides is 2. The first-order valence-corrected chi connectivity index (χ1v) is 17.2. The molecule has 6 rings (SSSR count). The van der Waals surface area contributed by atoms with E-state index in [1.54, 1.807) is 54.0 Å². The van der Waals surface area contributed by atoms with Gasteiger partial charge in [0.15, 0.2) is 0 Å². The summed E-state index contributed by atoms with van der Waals surface area (Å²) in [7, 11) is 0. The largest absolute Gasteiger partial charge is 0.490 e. The SMILES string of the molecule is O=C(N[C@H]1c2ccccc2OC[C@H]1O)[C@H](Cc1cccnc1)C[C@H](O)CN1CCN(Cc2cn(-c3ccccc3)cn2)C[C@H]1C(=O)NCC(F)(F)F. The fraction of sp³-hybridized carbons (Fsp3) is 0.405. The Morgan fingerprint density at radius 3 is 2.60 bits per heavy atom. The number of carbonyl (C=O) groups excluding carboxylic acids is 2. The Morgan fingerprint density at radius 2 is 1.83 bits per heavy atom. The van der Waals surface area contributed by atoms with Crippen molar-refractivity contribution in [2.45, 2.75) is 49.9 Å². The first-order valence-electron chi connectivity index (χ1n) is 17.2. The normalized spacial score (nSPS) is 20.7. The number of pyridine rings is 1. The summed E-state index contributed by atoms with van der Waals surface area (Å²) in [5.74, 6) is -1.41. The average Bonchev–Trinajstić information content (AvgIpc) is 3.61. The zero-order valence-electron chi connectivity index (χ0n) is 28.4. The summed E-state index contributed by atoms with van der Waals surface area (Å²) < 4.78 is 46.8. The van der Waals surface area contributed by atoms with E-state index in [1.165, 1.54) is 0 Å². The molecule has 2 aromatic heterocycles. The van der Waals surface area contributed by atoms with E-state index < -0.39 is 54.7 Å². The van der Waals surface area contributed by atoms with Gasteiger partial charge in [0, 0.05) is 68.5 Å². The number of aliphatic hydroxyl groups is 2. The van der Waals surface area contributed by atoms with Crippen molar-refractivity contribution in [1.82, 2.24) is 35.0 Å². The molecule has 276 valence electrons. The van der Waals surface area contributed by atoms with Gasteiger partial charge in [0.2, 0.25) is 11.8 Å². The summed E-state index contributed by atoms with van der Waals surface area (Å²) in [6.45, 7) is -0.311. The van der Waals surface area contributed by atoms with Crippen LogP contribution in [0.2, 0.25) is 0 Å². The number of halogens is 3. The number of ether oxygens (including phenoxy) is 1. The number of fused-ring (bicyclic) bond motifs is 1. The minimum atomic E-state index is -4.59. The minimum Gasteiger partial charge on any atom is -0.490 e. The number of rotatable bonds is 13. The molecular weight excluding hydrogens is 679 g/mol. The summed E-state index contributed by atoms with van der Waals surface area (Å²) in [4.78, 5) is 39.4. The Balaban J connectivity index is 1.15. The molecule has 12 nitrogen and oxygen atoms in total. The molecule has 5 atom stereocenters. The van der Waals surface area contributed by atoms with Crippen molar-refractivity contribution in [3.8, 4) is 11.4 Å². The Morgan fingerprint density at radius 1 is 1.04 bits per heavy atom. The number of nitrogens with zero attached hydrogens (tertiary/aromatic N) is 5. The highest BCUT2D eigenvalue weighted by Crippen LogP contribution is 2.32. The Hall–Kier alpha value is -4.83. The molecule has 2 amide bonds. The zero-order chi connectivity index (χ0) is 36.7. The zero-order valence-corrected chi connectivity index (χ0v) is 28.4. The quantitative estimate of drug-likeness (QED) is 0.164. The number of hydrogen-bond donors (Lipinski definition) is 4. The molecule has 4 heterocycles. The summed E-state index contributed by atoms with van der Waals surface area (Å²) in [5.41, 5.74) is 3.05. The van der Waals surface area contributed by atoms with Crippen molar-refractivity contribution < 1.29 is 37.7 Å². The monoisotopic (exact) mass is 721 g/mol. The third-order valence-corrected chi connectivity index (χ3v) is 9.34. The van der Waals surface area contributed by atoms with Crippen LogP contribution in [0.3, 0.4) is 0 Å². The third kappa shape index (κ3) is 9.73. The van der Waals surface area contributed by atoms with Gasteiger partial charge in [-0.05, 0) is 42.7 Å². The number of nitrogens with one attached hydrogen (secondary N) is 2. The number of hydrogen-bond acceptors (Lipinski definition) is 9. The molecule has 2 aliphatic rings. The maximum absolute atomic E-state index is 13.9. The van der Waals surface area contributed by atoms with E-state index in [-0.39, 0.29) is 39.1 Å². The Kier molecular flexibility index (Phi) is 11.8. The lowest BCUT2D eigenvalue weighted by molar-refractivity contribution is -0.143. The first-order chi connectivity index (χ1) is 25.0. The molecule has 0 radical (unpaired) electrons. The van der Waals surface area contributed by atoms with Crippen LogP contribution in [0.1, 0.15) is 29.3 Å². The van der Waals surface area contributed by atoms with E-state index in [1.807, 2.05) is 57.4 Å². The highest BCUT2D eigenvalue weighted by Gasteiger charge is 2.38. The molecule has 4 N–H and O–H groups in total. The first kappa shape index (κ1) is 36.9. The molecule has 0 bridgehead atoms. The van der Waals surface area contributed by atoms with Crippen LogP contribution in [-0.4, -0.2) is 110 Å². The van der Waals surface area contributed by atoms with Gasteiger partial charge in [-0.25, -0.2) is 4.98 Å². The third-order valence-electron chi connectivity index (χ3n) is 9.34. The second kappa shape index (κ2) is 16.7. The topological polar surface area (TPSA) is 145 Å². The molecule has 0 unspecified atom stereocenters. The van der Waals surface area contributed by atoms with Gasteiger partial charge in [0.25, 0.3) is 0 Å². The van der Waals surface area contributed by atoms with Gasteiger partial charge < -0.3 is 30.2 Å². The maximum Gasteiger partial charge on any atom is 0.405 e. The van der Waals surface area contributed by atoms with Crippen molar-refractivity contribution in [3.05, 3.63) is 108 Å². The van der Waals surface area contributed by atoms with Crippen LogP contribution < -0.4 is 15.4 Å². The number of aromatic nitrogens is 3. The maximum atomic E-state index is 13.9. The molecule has 0 spiro atoms. The number of carbonyl (C=O) groups is 2. The van der Waals surface area contributed by atoms with Crippen LogP contribution in [0, 0.1) is 5.92 Å². The number of benzene rings is 2. The molecule has 52 heavy (non-hydrogen) atoms. The molecule has 4 aromatic rings. The molecule has 1 fully saturated rings. The van der Waals surface area contributed by atoms with E-state index in [2.05, 4.69) is 15.3 Å². The van der Waals surface area contributed by atoms with Crippen LogP contribution in [-0.2, 0) is 22.6 Å². The fourth-order valence-electron chi connectivity index (χ4n) is 6.76. The van der Waals surface area contributed by atoms with Crippen molar-refractivity contribution >= 4 is 11.8 Å². The van der Waals surface area contributed by atoms with Gasteiger partial charge in [0.05, 0.1) is 24.2 Å². The second-order valence-electron chi connectivity index (χ2n) is 13.2. The van der Waals surface area contributed by atoms with Gasteiger partial charge >= 0.3 is 6.18 Å². The summed E-state index contributed by atoms with van der Waals surface area (Å²) in [6.07, 6.45) is 0.305. The Bertz CT molecular complexity index is 1780. The van der Waals surface area contributed by atoms with E-state index in [0.717, 1.165) is 16.9 Å². The van der Waals surface area contributed by atoms with Crippen molar-refractivity contribution in [1.29, 1.82) is 0 Å². The second-order valence-corrected chi connectivity index (χ2v) is 13.2. The van der Waals surface area contributed by atoms with Gasteiger partial charge in [-0.2, -0.15) is 13.2 Å². The van der Waals surface area contributed by atoms with Gasteiger partial charge in [-0.1, -0.05) is 42.5 Å². The molecule has 2 aromatic carbocycles. The predicted molar refractivity (Wildman–Crippen MR) is 184 cm³/mol. The number of piperazine rings is 1. The lowest BCUT2D eigenvalue weighted by Gasteiger charge is -2.41. The van der Waals surface area contributed by atoms with Gasteiger partial charge in [0.1, 0.15) is 31.0 Å². The molecule has 15 heteroatoms. The van der Waals surface area contributed by atoms with Crippen LogP contribution in [0.15, 0.2) is 91.6 Å². The molecule has 0 saturated carbocycles. The lowest BCUT2D eigenvalue weighted by Crippen LogP contribution is -2.60. The lowest BCUT2D eigenvalue weighted by atomic mass is 9.91. The van der Waals surface area contributed by atoms with E-state index in [9.17, 15) is 33.0 Å². The van der Waals surface area contributed by atoms with Gasteiger partial charge in [-0.3, -0.25) is 24.4 Å². The summed E-state index contributed by atoms with van der Waals surface area (Å²) in [5, 5.41) is 27.2. The van der Waals surface area contributed by atoms with Crippen molar-refractivity contribution in [3.63, 3.8) is 0 Å². The predicted octanol–water partition coefficient (Wildman–Crippen LogP) is 2.65. The summed E-state index contributed by atoms with van der Waals surface area (Å²) >= 11 is 0. The van der Waals surface area contributed by atoms with Crippen molar-refractivity contribution in [2.24, 2.45) is 5.92 Å². The molecule has 0 aliphatic carbocycles. The van der Waals surface area contributed by atoms with Gasteiger partial charge in [-0.15, -0.1) is 0 Å². The number of aliphatic hydroxyl groups excluding tert-OH is 2. The molecule has 2 aliphatic heterocycles. The highest BCUT2D eigenvalue weighted by molar-refractivity contribution is 5.82. The number of imidazole rings is 1. The number of para-hydroxylation sites is 2. The van der Waals surface area contributed by atoms with Crippen LogP contribution in [0.5, 0.6) is 5.75 Å². The van der Waals surface area contributed by atoms with Crippen LogP contribution in [0.4, 0.5) is 13.2 Å². The average molecular weight is 722 g/mol. The standard InChI is InChI=1S/C37H42F3N7O5/c38-37(39,40)23-42-36(51)31-21-45(18-27-19-47(24-43-27)28-8-2-1-3-9-28)13-14-46(31)20-29(48)16-26(15-25-7-6-12-41-17-25)35(50)44-34-30-10-4-5-11-33(30)52-22-32(34)49/h1-12,17,19,24,26,29,31-32,34,48-49H,13-16,18,20-23H2,(H,42,51)(H,44,50)/t26-,29+,31+,32-,34+/m1/s1. The van der Waals surface area contributed by atoms with Crippen LogP contribution >= 0.6 is 0 Å². The number of β-amino-alcohol motifs (C(OH)–C–C–N with tert-alkyl or cyclic N) is 1. The molecular formula is C37H42F3N7O5. The highest BCUT2D eigenvalue weighted by atomic mass is 19.4. The smallest absolute Gasteiger partial charge is 0.405 e. The van der Waals surface area contributed by atoms with E-state index >= 15 is 0 Å². The molecule has 1 saturated heterocycles. The summed E-state index contributed by atoms with van der Waals surface area (Å²) in [6, 6.07) is 18.6. The van der Waals surface area contributed by atoms with Crippen LogP contribution in [0.25, 0.3) is 5.69 Å².